The van der Waals surface area contributed by atoms with E-state index in [0.717, 1.165) is 12.8 Å². The molecule has 3 N–H and O–H groups in total. The Morgan fingerprint density at radius 1 is 1.35 bits per heavy atom. The predicted octanol–water partition coefficient (Wildman–Crippen LogP) is 0.520. The molecular weight excluding hydrogens is 273 g/mol. The molecule has 3 nitrogen and oxygen atoms in total. The van der Waals surface area contributed by atoms with Crippen LogP contribution in [0.1, 0.15) is 19.2 Å². The summed E-state index contributed by atoms with van der Waals surface area (Å²) in [4.78, 5) is 6.41. The summed E-state index contributed by atoms with van der Waals surface area (Å²) >= 11 is 1.66. The summed E-state index contributed by atoms with van der Waals surface area (Å²) in [7, 11) is 0. The van der Waals surface area contributed by atoms with Crippen LogP contribution < -0.4 is 14.7 Å². The van der Waals surface area contributed by atoms with Crippen LogP contribution in [0.5, 0.6) is 0 Å². The van der Waals surface area contributed by atoms with Crippen molar-refractivity contribution >= 4 is 26.9 Å². The van der Waals surface area contributed by atoms with Crippen LogP contribution in [0.15, 0.2) is 36.7 Å². The minimum atomic E-state index is 0.457. The number of anilines is 1. The topological polar surface area (TPSA) is 42.0 Å². The van der Waals surface area contributed by atoms with E-state index in [-0.39, 0.29) is 0 Å². The Labute approximate surface area is 111 Å². The number of imidazole rings is 1. The molecule has 0 spiro atoms. The number of nitrogens with one attached hydrogen (secondary N) is 3. The average Bonchev–Trinajstić information content (AvgIpc) is 2.84. The number of rotatable bonds is 5. The molecule has 0 bridgehead atoms. The van der Waals surface area contributed by atoms with Crippen LogP contribution in [0.4, 0.5) is 5.69 Å². The molecule has 0 saturated heterocycles. The molecule has 2 unspecified atom stereocenters. The fourth-order valence-electron chi connectivity index (χ4n) is 1.80. The van der Waals surface area contributed by atoms with E-state index in [1.807, 2.05) is 12.4 Å². The summed E-state index contributed by atoms with van der Waals surface area (Å²) in [5.74, 6) is 1.17. The Hall–Kier alpha value is -1.21. The molecule has 0 saturated carbocycles. The predicted molar refractivity (Wildman–Crippen MR) is 73.4 cm³/mol. The summed E-state index contributed by atoms with van der Waals surface area (Å²) in [6, 6.07) is 9.08. The van der Waals surface area contributed by atoms with Gasteiger partial charge in [-0.25, -0.2) is 0 Å². The van der Waals surface area contributed by atoms with E-state index in [1.165, 1.54) is 15.9 Å². The average molecular weight is 292 g/mol. The standard InChI is InChI=1S/C13H18AsN3/c1-2-11(9-13-15-7-8-16-13)17-12-5-3-10(14)4-6-12/h3-8,11,17H,2,9,14H2,1H3,(H,15,16)/p+1. The molecule has 1 heterocycles. The first-order chi connectivity index (χ1) is 8.28. The quantitative estimate of drug-likeness (QED) is 0.775. The number of aromatic amines is 2. The molecule has 1 aromatic heterocycles. The van der Waals surface area contributed by atoms with Crippen LogP contribution in [0.2, 0.25) is 0 Å². The van der Waals surface area contributed by atoms with Gasteiger partial charge in [-0.2, -0.15) is 0 Å². The molecule has 0 fully saturated rings. The number of H-pyrrole nitrogens is 2. The monoisotopic (exact) mass is 292 g/mol. The number of hydrogen-bond donors (Lipinski definition) is 2. The second kappa shape index (κ2) is 5.92. The van der Waals surface area contributed by atoms with Gasteiger partial charge < -0.3 is 0 Å². The third-order valence-electron chi connectivity index (χ3n) is 2.82. The van der Waals surface area contributed by atoms with E-state index >= 15 is 0 Å². The molecular formula is C13H19AsN3+. The van der Waals surface area contributed by atoms with Gasteiger partial charge in [-0.15, -0.1) is 0 Å². The van der Waals surface area contributed by atoms with Gasteiger partial charge in [0.25, 0.3) is 0 Å². The van der Waals surface area contributed by atoms with Crippen molar-refractivity contribution in [2.24, 2.45) is 0 Å². The fraction of sp³-hybridized carbons (Fsp3) is 0.308. The van der Waals surface area contributed by atoms with Gasteiger partial charge in [0, 0.05) is 0 Å². The molecule has 2 atom stereocenters. The number of benzene rings is 1. The number of hydrogen-bond acceptors (Lipinski definition) is 1. The first-order valence-corrected chi connectivity index (χ1v) is 7.15. The van der Waals surface area contributed by atoms with E-state index in [9.17, 15) is 0 Å². The molecule has 2 aromatic rings. The van der Waals surface area contributed by atoms with E-state index < -0.39 is 0 Å². The van der Waals surface area contributed by atoms with E-state index in [1.54, 1.807) is 16.9 Å². The van der Waals surface area contributed by atoms with Crippen molar-refractivity contribution in [1.29, 1.82) is 0 Å². The molecule has 0 radical (unpaired) electrons. The van der Waals surface area contributed by atoms with Gasteiger partial charge in [0.2, 0.25) is 0 Å². The van der Waals surface area contributed by atoms with Crippen LogP contribution in [0.25, 0.3) is 0 Å². The van der Waals surface area contributed by atoms with Crippen LogP contribution in [0, 0.1) is 0 Å². The summed E-state index contributed by atoms with van der Waals surface area (Å²) in [5.41, 5.74) is 1.20. The van der Waals surface area contributed by atoms with Crippen molar-refractivity contribution in [1.82, 2.24) is 4.98 Å². The molecule has 0 amide bonds. The van der Waals surface area contributed by atoms with Gasteiger partial charge in [0.15, 0.2) is 0 Å². The normalized spacial score (nSPS) is 12.4. The van der Waals surface area contributed by atoms with Crippen molar-refractivity contribution in [2.75, 3.05) is 5.32 Å². The van der Waals surface area contributed by atoms with Gasteiger partial charge in [0.1, 0.15) is 0 Å². The molecule has 1 aromatic carbocycles. The SMILES string of the molecule is CCC(Cc1[nH]cc[nH+]1)Nc1ccc([AsH2])cc1. The van der Waals surface area contributed by atoms with E-state index in [2.05, 4.69) is 46.5 Å². The summed E-state index contributed by atoms with van der Waals surface area (Å²) in [6.07, 6.45) is 5.94. The van der Waals surface area contributed by atoms with E-state index in [4.69, 9.17) is 0 Å². The molecule has 0 aliphatic heterocycles. The van der Waals surface area contributed by atoms with Crippen molar-refractivity contribution in [2.45, 2.75) is 25.8 Å². The zero-order valence-electron chi connectivity index (χ0n) is 10.0. The Bertz CT molecular complexity index is 436. The Morgan fingerprint density at radius 2 is 2.12 bits per heavy atom. The Balaban J connectivity index is 1.97. The maximum atomic E-state index is 3.56. The van der Waals surface area contributed by atoms with Gasteiger partial charge in [-0.05, 0) is 0 Å². The molecule has 90 valence electrons. The third-order valence-corrected chi connectivity index (χ3v) is 3.63. The minimum absolute atomic E-state index is 0.457. The van der Waals surface area contributed by atoms with Crippen LogP contribution >= 0.6 is 0 Å². The van der Waals surface area contributed by atoms with Crippen molar-refractivity contribution < 1.29 is 4.98 Å². The van der Waals surface area contributed by atoms with Crippen LogP contribution in [-0.2, 0) is 6.42 Å². The van der Waals surface area contributed by atoms with Crippen molar-refractivity contribution in [3.63, 3.8) is 0 Å². The zero-order chi connectivity index (χ0) is 12.1. The van der Waals surface area contributed by atoms with Crippen molar-refractivity contribution in [3.8, 4) is 0 Å². The molecule has 0 aliphatic carbocycles. The second-order valence-electron chi connectivity index (χ2n) is 4.18. The molecule has 4 heteroatoms. The van der Waals surface area contributed by atoms with Crippen molar-refractivity contribution in [3.05, 3.63) is 42.5 Å². The van der Waals surface area contributed by atoms with Crippen LogP contribution in [0.3, 0.4) is 0 Å². The number of aromatic nitrogens is 2. The van der Waals surface area contributed by atoms with Gasteiger partial charge in [-0.3, -0.25) is 0 Å². The van der Waals surface area contributed by atoms with E-state index in [0.29, 0.717) is 6.04 Å². The Morgan fingerprint density at radius 3 is 2.71 bits per heavy atom. The second-order valence-corrected chi connectivity index (χ2v) is 5.57. The molecule has 17 heavy (non-hydrogen) atoms. The first kappa shape index (κ1) is 12.3. The summed E-state index contributed by atoms with van der Waals surface area (Å²) in [5, 5.41) is 3.56. The van der Waals surface area contributed by atoms with Crippen LogP contribution in [-0.4, -0.2) is 27.9 Å². The fourth-order valence-corrected chi connectivity index (χ4v) is 2.21. The summed E-state index contributed by atoms with van der Waals surface area (Å²) in [6.45, 7) is 2.21. The first-order valence-electron chi connectivity index (χ1n) is 5.94. The molecule has 2 rings (SSSR count). The van der Waals surface area contributed by atoms with Gasteiger partial charge >= 0.3 is 110 Å². The summed E-state index contributed by atoms with van der Waals surface area (Å²) < 4.78 is 1.36. The zero-order valence-corrected chi connectivity index (χ0v) is 12.5. The van der Waals surface area contributed by atoms with Gasteiger partial charge in [-0.1, -0.05) is 0 Å². The third kappa shape index (κ3) is 3.64. The van der Waals surface area contributed by atoms with Gasteiger partial charge in [0.05, 0.1) is 0 Å². The molecule has 0 aliphatic rings. The Kier molecular flexibility index (Phi) is 4.27. The maximum absolute atomic E-state index is 3.56.